The van der Waals surface area contributed by atoms with E-state index in [-0.39, 0.29) is 11.6 Å². The zero-order valence-corrected chi connectivity index (χ0v) is 12.8. The fraction of sp³-hybridized carbons (Fsp3) is 0.176. The molecule has 104 valence electrons. The molecule has 0 aliphatic heterocycles. The lowest BCUT2D eigenvalue weighted by atomic mass is 9.96. The molecule has 0 spiro atoms. The Kier molecular flexibility index (Phi) is 6.19. The van der Waals surface area contributed by atoms with Gasteiger partial charge < -0.3 is 0 Å². The Morgan fingerprint density at radius 2 is 1.65 bits per heavy atom. The summed E-state index contributed by atoms with van der Waals surface area (Å²) in [5, 5.41) is 0. The van der Waals surface area contributed by atoms with E-state index in [1.165, 1.54) is 13.8 Å². The average molecular weight is 286 g/mol. The van der Waals surface area contributed by atoms with E-state index in [2.05, 4.69) is 12.6 Å². The van der Waals surface area contributed by atoms with E-state index < -0.39 is 0 Å². The molecule has 2 nitrogen and oxygen atoms in total. The highest BCUT2D eigenvalue weighted by Crippen LogP contribution is 2.25. The Hall–Kier alpha value is -1.87. The average Bonchev–Trinajstić information content (AvgIpc) is 2.37. The van der Waals surface area contributed by atoms with Gasteiger partial charge in [0.25, 0.3) is 0 Å². The second-order valence-electron chi connectivity index (χ2n) is 4.30. The maximum atomic E-state index is 11.8. The SMILES string of the molecule is C/C=C/C=C/C=C/c1c(C(C)=O)ccc(S)c1C(C)=O. The second-order valence-corrected chi connectivity index (χ2v) is 4.78. The van der Waals surface area contributed by atoms with Gasteiger partial charge in [-0.05, 0) is 38.5 Å². The molecule has 0 atom stereocenters. The number of benzene rings is 1. The van der Waals surface area contributed by atoms with Gasteiger partial charge in [-0.3, -0.25) is 9.59 Å². The van der Waals surface area contributed by atoms with Crippen LogP contribution in [0.4, 0.5) is 0 Å². The molecular formula is C17H18O2S. The molecule has 1 aromatic carbocycles. The van der Waals surface area contributed by atoms with Crippen molar-refractivity contribution in [1.82, 2.24) is 0 Å². The van der Waals surface area contributed by atoms with Crippen LogP contribution in [0.1, 0.15) is 47.1 Å². The van der Waals surface area contributed by atoms with Gasteiger partial charge in [0, 0.05) is 16.0 Å². The lowest BCUT2D eigenvalue weighted by Gasteiger charge is -2.10. The second kappa shape index (κ2) is 7.65. The number of Topliss-reactive ketones (excluding diaryl/α,β-unsaturated/α-hetero) is 2. The molecule has 0 saturated heterocycles. The molecule has 0 bridgehead atoms. The van der Waals surface area contributed by atoms with Crippen LogP contribution in [-0.4, -0.2) is 11.6 Å². The Balaban J connectivity index is 3.36. The number of rotatable bonds is 5. The Bertz CT molecular complexity index is 608. The van der Waals surface area contributed by atoms with Gasteiger partial charge in [0.2, 0.25) is 0 Å². The fourth-order valence-electron chi connectivity index (χ4n) is 1.85. The number of thiol groups is 1. The molecular weight excluding hydrogens is 268 g/mol. The highest BCUT2D eigenvalue weighted by Gasteiger charge is 2.15. The maximum absolute atomic E-state index is 11.8. The summed E-state index contributed by atoms with van der Waals surface area (Å²) in [6, 6.07) is 3.38. The molecule has 0 saturated carbocycles. The molecule has 0 aromatic heterocycles. The maximum Gasteiger partial charge on any atom is 0.161 e. The summed E-state index contributed by atoms with van der Waals surface area (Å²) < 4.78 is 0. The van der Waals surface area contributed by atoms with Crippen LogP contribution < -0.4 is 0 Å². The minimum absolute atomic E-state index is 0.0714. The minimum Gasteiger partial charge on any atom is -0.294 e. The number of ketones is 2. The summed E-state index contributed by atoms with van der Waals surface area (Å²) >= 11 is 4.31. The Labute approximate surface area is 125 Å². The van der Waals surface area contributed by atoms with Gasteiger partial charge in [-0.15, -0.1) is 12.6 Å². The van der Waals surface area contributed by atoms with Crippen LogP contribution in [0.15, 0.2) is 47.4 Å². The third-order valence-corrected chi connectivity index (χ3v) is 3.12. The molecule has 3 heteroatoms. The first-order valence-electron chi connectivity index (χ1n) is 6.33. The molecule has 1 rings (SSSR count). The van der Waals surface area contributed by atoms with E-state index in [1.807, 2.05) is 31.2 Å². The standard InChI is InChI=1S/C17H18O2S/c1-4-5-6-7-8-9-15-14(12(2)18)10-11-16(20)17(15)13(3)19/h4-11,20H,1-3H3/b5-4+,7-6+,9-8+. The van der Waals surface area contributed by atoms with Crippen molar-refractivity contribution in [3.63, 3.8) is 0 Å². The van der Waals surface area contributed by atoms with Crippen LogP contribution in [0.5, 0.6) is 0 Å². The molecule has 0 fully saturated rings. The van der Waals surface area contributed by atoms with E-state index in [9.17, 15) is 9.59 Å². The van der Waals surface area contributed by atoms with Gasteiger partial charge in [-0.25, -0.2) is 0 Å². The molecule has 1 aromatic rings. The van der Waals surface area contributed by atoms with E-state index in [1.54, 1.807) is 24.3 Å². The van der Waals surface area contributed by atoms with Gasteiger partial charge in [-0.1, -0.05) is 36.5 Å². The number of hydrogen-bond acceptors (Lipinski definition) is 3. The lowest BCUT2D eigenvalue weighted by Crippen LogP contribution is -2.05. The van der Waals surface area contributed by atoms with Crippen LogP contribution in [-0.2, 0) is 0 Å². The van der Waals surface area contributed by atoms with Crippen molar-refractivity contribution in [3.05, 3.63) is 59.2 Å². The van der Waals surface area contributed by atoms with Crippen molar-refractivity contribution in [2.75, 3.05) is 0 Å². The topological polar surface area (TPSA) is 34.1 Å². The Morgan fingerprint density at radius 1 is 1.00 bits per heavy atom. The van der Waals surface area contributed by atoms with Crippen molar-refractivity contribution in [2.45, 2.75) is 25.7 Å². The predicted molar refractivity (Wildman–Crippen MR) is 86.7 cm³/mol. The molecule has 0 radical (unpaired) electrons. The molecule has 0 amide bonds. The van der Waals surface area contributed by atoms with Crippen molar-refractivity contribution < 1.29 is 9.59 Å². The molecule has 0 aliphatic carbocycles. The third kappa shape index (κ3) is 4.07. The van der Waals surface area contributed by atoms with E-state index >= 15 is 0 Å². The normalized spacial score (nSPS) is 11.8. The highest BCUT2D eigenvalue weighted by atomic mass is 32.1. The third-order valence-electron chi connectivity index (χ3n) is 2.74. The number of carbonyl (C=O) groups excluding carboxylic acids is 2. The van der Waals surface area contributed by atoms with E-state index in [4.69, 9.17) is 0 Å². The first kappa shape index (κ1) is 16.2. The van der Waals surface area contributed by atoms with E-state index in [0.29, 0.717) is 21.6 Å². The van der Waals surface area contributed by atoms with Crippen molar-refractivity contribution in [2.24, 2.45) is 0 Å². The van der Waals surface area contributed by atoms with Crippen LogP contribution in [0, 0.1) is 0 Å². The molecule has 0 N–H and O–H groups in total. The summed E-state index contributed by atoms with van der Waals surface area (Å²) in [6.45, 7) is 4.90. The number of allylic oxidation sites excluding steroid dienone is 5. The smallest absolute Gasteiger partial charge is 0.161 e. The highest BCUT2D eigenvalue weighted by molar-refractivity contribution is 7.80. The largest absolute Gasteiger partial charge is 0.294 e. The lowest BCUT2D eigenvalue weighted by molar-refractivity contribution is 0.101. The number of carbonyl (C=O) groups is 2. The van der Waals surface area contributed by atoms with Gasteiger partial charge in [0.1, 0.15) is 0 Å². The van der Waals surface area contributed by atoms with Gasteiger partial charge in [0.05, 0.1) is 0 Å². The predicted octanol–water partition coefficient (Wildman–Crippen LogP) is 4.53. The van der Waals surface area contributed by atoms with Crippen molar-refractivity contribution in [1.29, 1.82) is 0 Å². The first-order valence-corrected chi connectivity index (χ1v) is 6.77. The number of hydrogen-bond donors (Lipinski definition) is 1. The van der Waals surface area contributed by atoms with Crippen molar-refractivity contribution in [3.8, 4) is 0 Å². The minimum atomic E-state index is -0.102. The quantitative estimate of drug-likeness (QED) is 0.490. The van der Waals surface area contributed by atoms with Crippen molar-refractivity contribution >= 4 is 30.3 Å². The summed E-state index contributed by atoms with van der Waals surface area (Å²) in [6.07, 6.45) is 11.1. The van der Waals surface area contributed by atoms with Crippen LogP contribution in [0.25, 0.3) is 6.08 Å². The molecule has 20 heavy (non-hydrogen) atoms. The monoisotopic (exact) mass is 286 g/mol. The van der Waals surface area contributed by atoms with Gasteiger partial charge in [-0.2, -0.15) is 0 Å². The van der Waals surface area contributed by atoms with Gasteiger partial charge >= 0.3 is 0 Å². The summed E-state index contributed by atoms with van der Waals surface area (Å²) in [5.74, 6) is -0.173. The summed E-state index contributed by atoms with van der Waals surface area (Å²) in [7, 11) is 0. The van der Waals surface area contributed by atoms with Crippen LogP contribution in [0.2, 0.25) is 0 Å². The van der Waals surface area contributed by atoms with Crippen LogP contribution in [0.3, 0.4) is 0 Å². The zero-order chi connectivity index (χ0) is 15.1. The van der Waals surface area contributed by atoms with Crippen LogP contribution >= 0.6 is 12.6 Å². The van der Waals surface area contributed by atoms with E-state index in [0.717, 1.165) is 0 Å². The molecule has 0 aliphatic rings. The molecule has 0 heterocycles. The first-order chi connectivity index (χ1) is 9.49. The fourth-order valence-corrected chi connectivity index (χ4v) is 2.20. The summed E-state index contributed by atoms with van der Waals surface area (Å²) in [5.41, 5.74) is 1.64. The zero-order valence-electron chi connectivity index (χ0n) is 11.9. The van der Waals surface area contributed by atoms with Gasteiger partial charge in [0.15, 0.2) is 11.6 Å². The molecule has 0 unspecified atom stereocenters. The Morgan fingerprint density at radius 3 is 2.20 bits per heavy atom. The summed E-state index contributed by atoms with van der Waals surface area (Å²) in [4.78, 5) is 24.0.